The lowest BCUT2D eigenvalue weighted by Gasteiger charge is -2.18. The molecule has 0 aliphatic heterocycles. The van der Waals surface area contributed by atoms with Crippen LogP contribution < -0.4 is 5.43 Å². The SMILES string of the molecule is CC(C)(C)c1ccc(/C=N/Nc2oc(C(C)(C)C)nc2C#N)cc1. The quantitative estimate of drug-likeness (QED) is 0.662. The first kappa shape index (κ1) is 17.7. The van der Waals surface area contributed by atoms with Crippen molar-refractivity contribution in [3.63, 3.8) is 0 Å². The molecule has 5 heteroatoms. The van der Waals surface area contributed by atoms with Crippen LogP contribution in [0.5, 0.6) is 0 Å². The fourth-order valence-corrected chi connectivity index (χ4v) is 2.03. The maximum absolute atomic E-state index is 9.16. The van der Waals surface area contributed by atoms with Gasteiger partial charge in [0.1, 0.15) is 6.07 Å². The molecular formula is C19H24N4O. The van der Waals surface area contributed by atoms with Crippen molar-refractivity contribution in [1.82, 2.24) is 4.98 Å². The second kappa shape index (κ2) is 6.48. The van der Waals surface area contributed by atoms with Gasteiger partial charge in [-0.1, -0.05) is 65.8 Å². The van der Waals surface area contributed by atoms with Crippen LogP contribution in [0, 0.1) is 11.3 Å². The van der Waals surface area contributed by atoms with Crippen LogP contribution in [0.15, 0.2) is 33.8 Å². The van der Waals surface area contributed by atoms with Crippen molar-refractivity contribution < 1.29 is 4.42 Å². The fourth-order valence-electron chi connectivity index (χ4n) is 2.03. The van der Waals surface area contributed by atoms with E-state index >= 15 is 0 Å². The Hall–Kier alpha value is -2.61. The van der Waals surface area contributed by atoms with Crippen molar-refractivity contribution in [2.24, 2.45) is 5.10 Å². The molecule has 2 aromatic rings. The van der Waals surface area contributed by atoms with Crippen molar-refractivity contribution in [1.29, 1.82) is 5.26 Å². The van der Waals surface area contributed by atoms with Gasteiger partial charge in [-0.2, -0.15) is 15.3 Å². The number of hydrazone groups is 1. The van der Waals surface area contributed by atoms with Gasteiger partial charge in [0.2, 0.25) is 11.6 Å². The highest BCUT2D eigenvalue weighted by molar-refractivity contribution is 5.80. The third kappa shape index (κ3) is 4.23. The first-order valence-corrected chi connectivity index (χ1v) is 7.92. The van der Waals surface area contributed by atoms with Gasteiger partial charge in [-0.15, -0.1) is 0 Å². The van der Waals surface area contributed by atoms with E-state index in [0.29, 0.717) is 5.89 Å². The molecule has 0 saturated carbocycles. The van der Waals surface area contributed by atoms with Gasteiger partial charge < -0.3 is 4.42 Å². The van der Waals surface area contributed by atoms with E-state index in [9.17, 15) is 0 Å². The Balaban J connectivity index is 2.12. The zero-order valence-electron chi connectivity index (χ0n) is 15.1. The Morgan fingerprint density at radius 3 is 2.21 bits per heavy atom. The minimum absolute atomic E-state index is 0.124. The number of nitriles is 1. The molecule has 1 heterocycles. The first-order valence-electron chi connectivity index (χ1n) is 7.92. The number of aromatic nitrogens is 1. The van der Waals surface area contributed by atoms with Gasteiger partial charge in [0.05, 0.1) is 6.21 Å². The summed E-state index contributed by atoms with van der Waals surface area (Å²) in [5.41, 5.74) is 5.06. The molecule has 0 radical (unpaired) electrons. The molecule has 24 heavy (non-hydrogen) atoms. The van der Waals surface area contributed by atoms with Crippen LogP contribution in [-0.2, 0) is 10.8 Å². The van der Waals surface area contributed by atoms with Crippen molar-refractivity contribution in [3.05, 3.63) is 47.0 Å². The van der Waals surface area contributed by atoms with Gasteiger partial charge in [-0.25, -0.2) is 5.43 Å². The van der Waals surface area contributed by atoms with Crippen LogP contribution in [0.2, 0.25) is 0 Å². The van der Waals surface area contributed by atoms with Gasteiger partial charge >= 0.3 is 0 Å². The standard InChI is InChI=1S/C19H24N4O/c1-18(2,3)14-9-7-13(8-10-14)12-21-23-16-15(11-20)22-17(24-16)19(4,5)6/h7-10,12,23H,1-6H3/b21-12+. The molecule has 0 aliphatic rings. The summed E-state index contributed by atoms with van der Waals surface area (Å²) >= 11 is 0. The molecule has 1 N–H and O–H groups in total. The van der Waals surface area contributed by atoms with Crippen LogP contribution in [0.1, 0.15) is 64.3 Å². The Morgan fingerprint density at radius 2 is 1.71 bits per heavy atom. The van der Waals surface area contributed by atoms with Crippen LogP contribution in [-0.4, -0.2) is 11.2 Å². The molecule has 0 bridgehead atoms. The summed E-state index contributed by atoms with van der Waals surface area (Å²) in [4.78, 5) is 4.20. The van der Waals surface area contributed by atoms with Gasteiger partial charge in [-0.05, 0) is 16.5 Å². The third-order valence-electron chi connectivity index (χ3n) is 3.53. The topological polar surface area (TPSA) is 74.2 Å². The van der Waals surface area contributed by atoms with E-state index in [1.54, 1.807) is 6.21 Å². The summed E-state index contributed by atoms with van der Waals surface area (Å²) in [6, 6.07) is 10.2. The number of nitrogens with one attached hydrogen (secondary N) is 1. The van der Waals surface area contributed by atoms with E-state index in [0.717, 1.165) is 5.56 Å². The highest BCUT2D eigenvalue weighted by Crippen LogP contribution is 2.26. The smallest absolute Gasteiger partial charge is 0.252 e. The van der Waals surface area contributed by atoms with E-state index in [4.69, 9.17) is 9.68 Å². The number of nitrogens with zero attached hydrogens (tertiary/aromatic N) is 3. The Bertz CT molecular complexity index is 766. The van der Waals surface area contributed by atoms with Gasteiger partial charge in [0.15, 0.2) is 0 Å². The second-order valence-corrected chi connectivity index (χ2v) is 7.80. The molecule has 126 valence electrons. The summed E-state index contributed by atoms with van der Waals surface area (Å²) in [5.74, 6) is 0.774. The molecule has 0 saturated heterocycles. The van der Waals surface area contributed by atoms with E-state index in [1.165, 1.54) is 5.56 Å². The van der Waals surface area contributed by atoms with Gasteiger partial charge in [-0.3, -0.25) is 0 Å². The molecule has 2 rings (SSSR count). The molecule has 5 nitrogen and oxygen atoms in total. The van der Waals surface area contributed by atoms with Crippen molar-refractivity contribution in [2.75, 3.05) is 5.43 Å². The van der Waals surface area contributed by atoms with E-state index in [-0.39, 0.29) is 22.4 Å². The fraction of sp³-hybridized carbons (Fsp3) is 0.421. The normalized spacial score (nSPS) is 12.4. The molecule has 0 aliphatic carbocycles. The maximum Gasteiger partial charge on any atom is 0.252 e. The highest BCUT2D eigenvalue weighted by atomic mass is 16.4. The molecule has 0 atom stereocenters. The lowest BCUT2D eigenvalue weighted by atomic mass is 9.87. The second-order valence-electron chi connectivity index (χ2n) is 7.80. The third-order valence-corrected chi connectivity index (χ3v) is 3.53. The molecule has 0 amide bonds. The zero-order valence-corrected chi connectivity index (χ0v) is 15.1. The molecule has 0 spiro atoms. The summed E-state index contributed by atoms with van der Waals surface area (Å²) in [6.45, 7) is 12.5. The predicted octanol–water partition coefficient (Wildman–Crippen LogP) is 4.59. The minimum Gasteiger partial charge on any atom is -0.421 e. The molecule has 1 aromatic carbocycles. The number of anilines is 1. The number of benzene rings is 1. The Morgan fingerprint density at radius 1 is 1.08 bits per heavy atom. The van der Waals surface area contributed by atoms with Crippen molar-refractivity contribution in [2.45, 2.75) is 52.4 Å². The Kier molecular flexibility index (Phi) is 4.79. The largest absolute Gasteiger partial charge is 0.421 e. The van der Waals surface area contributed by atoms with E-state index < -0.39 is 0 Å². The first-order chi connectivity index (χ1) is 11.1. The van der Waals surface area contributed by atoms with Crippen LogP contribution in [0.4, 0.5) is 5.88 Å². The van der Waals surface area contributed by atoms with Crippen LogP contribution in [0.3, 0.4) is 0 Å². The van der Waals surface area contributed by atoms with Crippen LogP contribution >= 0.6 is 0 Å². The van der Waals surface area contributed by atoms with Gasteiger partial charge in [0, 0.05) is 5.41 Å². The molecule has 1 aromatic heterocycles. The summed E-state index contributed by atoms with van der Waals surface area (Å²) in [7, 11) is 0. The average Bonchev–Trinajstić information content (AvgIpc) is 2.90. The van der Waals surface area contributed by atoms with Crippen molar-refractivity contribution in [3.8, 4) is 6.07 Å². The van der Waals surface area contributed by atoms with E-state index in [2.05, 4.69) is 48.4 Å². The highest BCUT2D eigenvalue weighted by Gasteiger charge is 2.23. The number of oxazole rings is 1. The molecular weight excluding hydrogens is 300 g/mol. The summed E-state index contributed by atoms with van der Waals surface area (Å²) < 4.78 is 5.61. The van der Waals surface area contributed by atoms with Crippen LogP contribution in [0.25, 0.3) is 0 Å². The Labute approximate surface area is 143 Å². The number of hydrogen-bond acceptors (Lipinski definition) is 5. The lowest BCUT2D eigenvalue weighted by molar-refractivity contribution is 0.399. The monoisotopic (exact) mass is 324 g/mol. The average molecular weight is 324 g/mol. The number of rotatable bonds is 3. The van der Waals surface area contributed by atoms with E-state index in [1.807, 2.05) is 39.0 Å². The maximum atomic E-state index is 9.16. The molecule has 0 unspecified atom stereocenters. The molecule has 0 fully saturated rings. The van der Waals surface area contributed by atoms with Gasteiger partial charge in [0.25, 0.3) is 5.88 Å². The zero-order chi connectivity index (χ0) is 18.0. The minimum atomic E-state index is -0.266. The van der Waals surface area contributed by atoms with Crippen molar-refractivity contribution >= 4 is 12.1 Å². The summed E-state index contributed by atoms with van der Waals surface area (Å²) in [6.07, 6.45) is 1.69. The number of hydrogen-bond donors (Lipinski definition) is 1. The predicted molar refractivity (Wildman–Crippen MR) is 96.3 cm³/mol. The lowest BCUT2D eigenvalue weighted by Crippen LogP contribution is -2.11. The summed E-state index contributed by atoms with van der Waals surface area (Å²) in [5, 5.41) is 13.3.